The van der Waals surface area contributed by atoms with Gasteiger partial charge < -0.3 is 59.4 Å². The Morgan fingerprint density at radius 1 is 0.194 bits per heavy atom. The molecule has 0 heterocycles. The summed E-state index contributed by atoms with van der Waals surface area (Å²) in [7, 11) is 0. The van der Waals surface area contributed by atoms with Crippen molar-refractivity contribution in [1.29, 1.82) is 0 Å². The summed E-state index contributed by atoms with van der Waals surface area (Å²) in [6, 6.07) is 58.1. The largest absolute Gasteiger partial charge is 0.358 e. The minimum absolute atomic E-state index is 0. The Morgan fingerprint density at radius 3 is 0.431 bits per heavy atom. The molecule has 0 unspecified atom stereocenters. The molecule has 12 heteroatoms. The SMILES string of the molecule is CC.CC.CC.CC.[CH2-]c1ccc2ccccc2c1.[CH2-]c1ccc2ccccc2c1.[CH2-]c1ccc2ccccc2c1.[CH2-]c1ccc2ccccc2c1.[CH3-].[CH3-].[CH3-].[CH3-].[CH3-].[CH3-].[CH3-].[CH3-].[La].[La].[La].[La].[La].[La].[La].[La].[Y].[Y].[Y].[Y]. The second-order valence-corrected chi connectivity index (χ2v) is 10.7. The fraction of sp³-hybridized carbons (Fsp3) is 0.133. The summed E-state index contributed by atoms with van der Waals surface area (Å²) >= 11 is 0. The van der Waals surface area contributed by atoms with E-state index in [2.05, 4.69) is 125 Å². The van der Waals surface area contributed by atoms with Gasteiger partial charge >= 0.3 is 0 Å². The van der Waals surface area contributed by atoms with E-state index in [1.165, 1.54) is 43.1 Å². The van der Waals surface area contributed by atoms with E-state index in [4.69, 9.17) is 0 Å². The smallest absolute Gasteiger partial charge is 0 e. The predicted octanol–water partition coefficient (Wildman–Crippen LogP) is 19.8. The van der Waals surface area contributed by atoms with Gasteiger partial charge in [0.05, 0.1) is 0 Å². The average Bonchev–Trinajstić information content (AvgIpc) is 3.21. The molecule has 0 aliphatic rings. The van der Waals surface area contributed by atoms with Gasteiger partial charge in [-0.25, -0.2) is 0 Å². The van der Waals surface area contributed by atoms with Crippen molar-refractivity contribution in [3.05, 3.63) is 279 Å². The van der Waals surface area contributed by atoms with Crippen LogP contribution in [0.2, 0.25) is 0 Å². The quantitative estimate of drug-likeness (QED) is 0.133. The third-order valence-corrected chi connectivity index (χ3v) is 7.26. The van der Waals surface area contributed by atoms with Gasteiger partial charge in [-0.3, -0.25) is 0 Å². The van der Waals surface area contributed by atoms with E-state index < -0.39 is 0 Å². The first kappa shape index (κ1) is 139. The molecule has 0 fully saturated rings. The van der Waals surface area contributed by atoms with Gasteiger partial charge in [-0.2, -0.15) is 98.5 Å². The second-order valence-electron chi connectivity index (χ2n) is 10.7. The van der Waals surface area contributed by atoms with Crippen LogP contribution in [0.15, 0.2) is 170 Å². The van der Waals surface area contributed by atoms with E-state index >= 15 is 0 Å². The van der Waals surface area contributed by atoms with E-state index in [0.717, 1.165) is 22.3 Å². The molecule has 372 valence electrons. The van der Waals surface area contributed by atoms with E-state index in [1.807, 2.05) is 128 Å². The zero-order chi connectivity index (χ0) is 38.7. The minimum atomic E-state index is 0. The summed E-state index contributed by atoms with van der Waals surface area (Å²) in [5.41, 5.74) is 4.29. The normalized spacial score (nSPS) is 6.56. The maximum Gasteiger partial charge on any atom is 0 e. The van der Waals surface area contributed by atoms with E-state index in [1.54, 1.807) is 0 Å². The standard InChI is InChI=1S/4C11H9.4C2H6.8CH3.8La.4Y/c4*1-9-6-7-10-4-2-3-5-11(10)8-9;4*1-2;;;;;;;;;;;;;;;;;;;;/h4*2-8H,1H2;4*1-2H3;8*1H3;;;;;;;;;;;;/q4*-1;;;;;8*-1;;;;;;;;;;;;. The van der Waals surface area contributed by atoms with Gasteiger partial charge in [0.2, 0.25) is 0 Å². The molecule has 0 atom stereocenters. The molecule has 0 amide bonds. The first-order valence-corrected chi connectivity index (χ1v) is 18.7. The Hall–Kier alpha value is 8.25. The molecule has 72 heavy (non-hydrogen) atoms. The number of rotatable bonds is 0. The first-order valence-electron chi connectivity index (χ1n) is 18.7. The van der Waals surface area contributed by atoms with Gasteiger partial charge in [-0.05, 0) is 21.5 Å². The van der Waals surface area contributed by atoms with Crippen LogP contribution in [0, 0.1) is 372 Å². The molecule has 0 saturated heterocycles. The maximum atomic E-state index is 3.87. The topological polar surface area (TPSA) is 0 Å². The van der Waals surface area contributed by atoms with Crippen LogP contribution in [-0.2, 0) is 131 Å². The Balaban J connectivity index is -0.0000000244. The monoisotopic (exact) mass is 2270 g/mol. The fourth-order valence-corrected chi connectivity index (χ4v) is 4.96. The number of benzene rings is 8. The summed E-state index contributed by atoms with van der Waals surface area (Å²) in [6.45, 7) is 31.5. The van der Waals surface area contributed by atoms with Crippen molar-refractivity contribution in [3.8, 4) is 0 Å². The Bertz CT molecular complexity index is 1860. The van der Waals surface area contributed by atoms with Crippen molar-refractivity contribution < 1.29 is 416 Å². The molecule has 12 radical (unpaired) electrons. The molecule has 8 rings (SSSR count). The summed E-state index contributed by atoms with van der Waals surface area (Å²) in [5.74, 6) is 0. The molecule has 0 aromatic heterocycles. The van der Waals surface area contributed by atoms with Gasteiger partial charge in [-0.1, -0.05) is 174 Å². The molecular weight excluding hydrogens is 2190 g/mol. The van der Waals surface area contributed by atoms with Crippen LogP contribution in [0.1, 0.15) is 77.6 Å². The van der Waals surface area contributed by atoms with Crippen molar-refractivity contribution >= 4 is 43.1 Å². The number of hydrogen-bond donors (Lipinski definition) is 0. The Morgan fingerprint density at radius 2 is 0.306 bits per heavy atom. The molecule has 8 aromatic carbocycles. The van der Waals surface area contributed by atoms with Gasteiger partial charge in [0.15, 0.2) is 0 Å². The van der Waals surface area contributed by atoms with Crippen molar-refractivity contribution in [3.63, 3.8) is 0 Å². The average molecular weight is 2270 g/mol. The Labute approximate surface area is 774 Å². The molecule has 0 saturated carbocycles. The van der Waals surface area contributed by atoms with Crippen molar-refractivity contribution in [2.45, 2.75) is 55.4 Å². The molecule has 0 N–H and O–H groups in total. The molecular formula is C60H84La8Y4-12. The van der Waals surface area contributed by atoms with Crippen LogP contribution < -0.4 is 0 Å². The molecule has 8 aromatic rings. The van der Waals surface area contributed by atoms with Gasteiger partial charge in [0.25, 0.3) is 0 Å². The van der Waals surface area contributed by atoms with E-state index in [-0.39, 0.29) is 475 Å². The summed E-state index contributed by atoms with van der Waals surface area (Å²) in [4.78, 5) is 0. The van der Waals surface area contributed by atoms with Crippen LogP contribution in [0.25, 0.3) is 43.1 Å². The van der Waals surface area contributed by atoms with Crippen LogP contribution in [-0.4, -0.2) is 0 Å². The maximum absolute atomic E-state index is 3.87. The third-order valence-electron chi connectivity index (χ3n) is 7.26. The van der Waals surface area contributed by atoms with Crippen LogP contribution >= 0.6 is 0 Å². The van der Waals surface area contributed by atoms with Crippen molar-refractivity contribution in [2.24, 2.45) is 0 Å². The van der Waals surface area contributed by atoms with Crippen LogP contribution in [0.4, 0.5) is 0 Å². The third kappa shape index (κ3) is 60.0. The zero-order valence-corrected chi connectivity index (χ0v) is 88.3. The van der Waals surface area contributed by atoms with E-state index in [0.29, 0.717) is 0 Å². The summed E-state index contributed by atoms with van der Waals surface area (Å²) in [6.07, 6.45) is 0. The van der Waals surface area contributed by atoms with Crippen LogP contribution in [0.5, 0.6) is 0 Å². The molecule has 0 bridgehead atoms. The molecule has 0 aliphatic heterocycles. The molecule has 0 spiro atoms. The van der Waals surface area contributed by atoms with Gasteiger partial charge in [-0.15, -0.1) is 24.3 Å². The zero-order valence-electron chi connectivity index (χ0n) is 47.9. The second kappa shape index (κ2) is 93.0. The first-order chi connectivity index (χ1) is 25.4. The molecule has 0 aliphatic carbocycles. The van der Waals surface area contributed by atoms with Crippen molar-refractivity contribution in [1.82, 2.24) is 0 Å². The van der Waals surface area contributed by atoms with Gasteiger partial charge in [0, 0.05) is 416 Å². The summed E-state index contributed by atoms with van der Waals surface area (Å²) < 4.78 is 0. The van der Waals surface area contributed by atoms with Crippen molar-refractivity contribution in [2.75, 3.05) is 0 Å². The van der Waals surface area contributed by atoms with Gasteiger partial charge in [0.1, 0.15) is 0 Å². The number of fused-ring (bicyclic) bond motifs is 4. The predicted molar refractivity (Wildman–Crippen MR) is 290 cm³/mol. The number of hydrogen-bond acceptors (Lipinski definition) is 0. The fourth-order valence-electron chi connectivity index (χ4n) is 4.96. The van der Waals surface area contributed by atoms with Crippen LogP contribution in [0.3, 0.4) is 0 Å². The van der Waals surface area contributed by atoms with E-state index in [9.17, 15) is 0 Å². The minimum Gasteiger partial charge on any atom is -0.358 e. The Kier molecular flexibility index (Phi) is 179. The summed E-state index contributed by atoms with van der Waals surface area (Å²) in [5, 5.41) is 10.2. The molecule has 0 nitrogen and oxygen atoms in total.